The topological polar surface area (TPSA) is 64.0 Å². The van der Waals surface area contributed by atoms with Gasteiger partial charge in [-0.3, -0.25) is 14.2 Å². The maximum Gasteiger partial charge on any atom is 0.272 e. The zero-order valence-electron chi connectivity index (χ0n) is 16.7. The number of carbonyl (C=O) groups is 1. The van der Waals surface area contributed by atoms with Crippen LogP contribution < -0.4 is 10.9 Å². The van der Waals surface area contributed by atoms with Crippen molar-refractivity contribution in [2.24, 2.45) is 0 Å². The van der Waals surface area contributed by atoms with Gasteiger partial charge < -0.3 is 5.32 Å². The molecule has 154 valence electrons. The summed E-state index contributed by atoms with van der Waals surface area (Å²) in [6, 6.07) is 11.9. The molecule has 4 rings (SSSR count). The molecule has 0 aliphatic carbocycles. The number of benzene rings is 1. The van der Waals surface area contributed by atoms with E-state index in [-0.39, 0.29) is 17.2 Å². The Balaban J connectivity index is 1.53. The van der Waals surface area contributed by atoms with Gasteiger partial charge in [0.15, 0.2) is 5.16 Å². The number of amides is 1. The monoisotopic (exact) mass is 455 g/mol. The van der Waals surface area contributed by atoms with Gasteiger partial charge in [0.05, 0.1) is 11.3 Å². The van der Waals surface area contributed by atoms with Crippen molar-refractivity contribution in [3.8, 4) is 0 Å². The molecule has 8 heteroatoms. The Hall–Kier alpha value is -2.42. The third kappa shape index (κ3) is 4.66. The molecule has 1 aromatic carbocycles. The van der Waals surface area contributed by atoms with E-state index in [9.17, 15) is 9.59 Å². The van der Waals surface area contributed by atoms with Crippen molar-refractivity contribution >= 4 is 56.2 Å². The zero-order chi connectivity index (χ0) is 21.1. The maximum absolute atomic E-state index is 13.0. The lowest BCUT2D eigenvalue weighted by Gasteiger charge is -2.12. The largest absolute Gasteiger partial charge is 0.325 e. The molecule has 1 N–H and O–H groups in total. The van der Waals surface area contributed by atoms with Crippen molar-refractivity contribution < 1.29 is 4.79 Å². The number of anilines is 1. The summed E-state index contributed by atoms with van der Waals surface area (Å²) in [5.41, 5.74) is 3.58. The number of nitrogens with zero attached hydrogens (tertiary/aromatic N) is 2. The SMILES string of the molecule is Cc1ccc(C)c(NC(=O)CSc2nc3ccsc3c(=O)n2CCc2cccs2)c1. The normalized spacial score (nSPS) is 11.1. The van der Waals surface area contributed by atoms with Crippen molar-refractivity contribution in [3.05, 3.63) is 73.5 Å². The van der Waals surface area contributed by atoms with Crippen LogP contribution in [0.2, 0.25) is 0 Å². The van der Waals surface area contributed by atoms with Crippen LogP contribution in [-0.2, 0) is 17.8 Å². The van der Waals surface area contributed by atoms with E-state index in [0.29, 0.717) is 21.9 Å². The second-order valence-corrected chi connectivity index (χ2v) is 9.86. The van der Waals surface area contributed by atoms with E-state index in [1.54, 1.807) is 15.9 Å². The van der Waals surface area contributed by atoms with Crippen molar-refractivity contribution in [2.45, 2.75) is 32.0 Å². The Morgan fingerprint density at radius 3 is 2.83 bits per heavy atom. The van der Waals surface area contributed by atoms with E-state index in [2.05, 4.69) is 16.4 Å². The fraction of sp³-hybridized carbons (Fsp3) is 0.227. The lowest BCUT2D eigenvalue weighted by molar-refractivity contribution is -0.113. The number of aryl methyl sites for hydroxylation is 3. The quantitative estimate of drug-likeness (QED) is 0.311. The van der Waals surface area contributed by atoms with Gasteiger partial charge in [0, 0.05) is 17.1 Å². The highest BCUT2D eigenvalue weighted by atomic mass is 32.2. The van der Waals surface area contributed by atoms with Crippen LogP contribution in [0, 0.1) is 13.8 Å². The fourth-order valence-electron chi connectivity index (χ4n) is 3.09. The van der Waals surface area contributed by atoms with Crippen LogP contribution >= 0.6 is 34.4 Å². The lowest BCUT2D eigenvalue weighted by Crippen LogP contribution is -2.24. The van der Waals surface area contributed by atoms with Gasteiger partial charge in [-0.05, 0) is 60.4 Å². The first-order valence-corrected chi connectivity index (χ1v) is 12.3. The number of thioether (sulfide) groups is 1. The third-order valence-electron chi connectivity index (χ3n) is 4.69. The predicted molar refractivity (Wildman–Crippen MR) is 127 cm³/mol. The molecule has 1 amide bonds. The van der Waals surface area contributed by atoms with E-state index in [4.69, 9.17) is 0 Å². The zero-order valence-corrected chi connectivity index (χ0v) is 19.1. The molecule has 0 unspecified atom stereocenters. The Labute approximate surface area is 186 Å². The summed E-state index contributed by atoms with van der Waals surface area (Å²) >= 11 is 4.39. The van der Waals surface area contributed by atoms with E-state index in [1.165, 1.54) is 28.0 Å². The van der Waals surface area contributed by atoms with Gasteiger partial charge in [-0.15, -0.1) is 22.7 Å². The highest BCUT2D eigenvalue weighted by Gasteiger charge is 2.15. The highest BCUT2D eigenvalue weighted by molar-refractivity contribution is 7.99. The van der Waals surface area contributed by atoms with Crippen LogP contribution in [0.1, 0.15) is 16.0 Å². The molecule has 4 aromatic rings. The van der Waals surface area contributed by atoms with Gasteiger partial charge in [-0.2, -0.15) is 0 Å². The van der Waals surface area contributed by atoms with E-state index >= 15 is 0 Å². The number of nitrogens with one attached hydrogen (secondary N) is 1. The number of thiophene rings is 2. The first kappa shape index (κ1) is 20.8. The molecule has 0 bridgehead atoms. The van der Waals surface area contributed by atoms with Gasteiger partial charge in [0.1, 0.15) is 4.70 Å². The number of hydrogen-bond acceptors (Lipinski definition) is 6. The minimum absolute atomic E-state index is 0.0380. The number of aromatic nitrogens is 2. The standard InChI is InChI=1S/C22H21N3O2S3/c1-14-5-6-15(2)18(12-14)23-19(26)13-30-22-24-17-8-11-29-20(17)21(27)25(22)9-7-16-4-3-10-28-16/h3-6,8,10-12H,7,9,13H2,1-2H3,(H,23,26). The highest BCUT2D eigenvalue weighted by Crippen LogP contribution is 2.23. The molecule has 0 aliphatic rings. The number of rotatable bonds is 7. The molecule has 0 radical (unpaired) electrons. The van der Waals surface area contributed by atoms with Crippen LogP contribution in [0.25, 0.3) is 10.2 Å². The molecular weight excluding hydrogens is 434 g/mol. The molecule has 0 fully saturated rings. The van der Waals surface area contributed by atoms with Gasteiger partial charge in [0.2, 0.25) is 5.91 Å². The number of carbonyl (C=O) groups excluding carboxylic acids is 1. The van der Waals surface area contributed by atoms with Gasteiger partial charge >= 0.3 is 0 Å². The van der Waals surface area contributed by atoms with Crippen molar-refractivity contribution in [1.82, 2.24) is 9.55 Å². The lowest BCUT2D eigenvalue weighted by atomic mass is 10.1. The number of fused-ring (bicyclic) bond motifs is 1. The average Bonchev–Trinajstić information content (AvgIpc) is 3.40. The van der Waals surface area contributed by atoms with Crippen molar-refractivity contribution in [2.75, 3.05) is 11.1 Å². The van der Waals surface area contributed by atoms with Gasteiger partial charge in [-0.1, -0.05) is 30.0 Å². The Morgan fingerprint density at radius 2 is 2.03 bits per heavy atom. The minimum atomic E-state index is -0.113. The molecule has 3 aromatic heterocycles. The molecule has 0 atom stereocenters. The van der Waals surface area contributed by atoms with Gasteiger partial charge in [-0.25, -0.2) is 4.98 Å². The molecule has 0 saturated heterocycles. The molecule has 3 heterocycles. The van der Waals surface area contributed by atoms with Crippen molar-refractivity contribution in [3.63, 3.8) is 0 Å². The minimum Gasteiger partial charge on any atom is -0.325 e. The fourth-order valence-corrected chi connectivity index (χ4v) is 5.40. The van der Waals surface area contributed by atoms with Crippen LogP contribution in [0.15, 0.2) is 57.1 Å². The summed E-state index contributed by atoms with van der Waals surface area (Å²) < 4.78 is 2.36. The molecular formula is C22H21N3O2S3. The van der Waals surface area contributed by atoms with Gasteiger partial charge in [0.25, 0.3) is 5.56 Å². The first-order chi connectivity index (χ1) is 14.5. The van der Waals surface area contributed by atoms with E-state index < -0.39 is 0 Å². The summed E-state index contributed by atoms with van der Waals surface area (Å²) in [6.07, 6.45) is 0.762. The summed E-state index contributed by atoms with van der Waals surface area (Å²) in [6.45, 7) is 4.51. The van der Waals surface area contributed by atoms with Crippen LogP contribution in [0.3, 0.4) is 0 Å². The summed E-state index contributed by atoms with van der Waals surface area (Å²) in [7, 11) is 0. The smallest absolute Gasteiger partial charge is 0.272 e. The molecule has 30 heavy (non-hydrogen) atoms. The second-order valence-electron chi connectivity index (χ2n) is 6.97. The number of hydrogen-bond donors (Lipinski definition) is 1. The molecule has 0 spiro atoms. The molecule has 5 nitrogen and oxygen atoms in total. The van der Waals surface area contributed by atoms with Crippen LogP contribution in [0.4, 0.5) is 5.69 Å². The Kier molecular flexibility index (Phi) is 6.36. The predicted octanol–water partition coefficient (Wildman–Crippen LogP) is 5.11. The van der Waals surface area contributed by atoms with E-state index in [1.807, 2.05) is 54.9 Å². The molecule has 0 aliphatic heterocycles. The third-order valence-corrected chi connectivity index (χ3v) is 7.50. The summed E-state index contributed by atoms with van der Waals surface area (Å²) in [5.74, 6) is 0.0762. The van der Waals surface area contributed by atoms with E-state index in [0.717, 1.165) is 23.2 Å². The summed E-state index contributed by atoms with van der Waals surface area (Å²) in [5, 5.41) is 7.47. The maximum atomic E-state index is 13.0. The first-order valence-electron chi connectivity index (χ1n) is 9.51. The van der Waals surface area contributed by atoms with Crippen molar-refractivity contribution in [1.29, 1.82) is 0 Å². The molecule has 0 saturated carbocycles. The Morgan fingerprint density at radius 1 is 1.17 bits per heavy atom. The van der Waals surface area contributed by atoms with Crippen LogP contribution in [-0.4, -0.2) is 21.2 Å². The Bertz CT molecular complexity index is 1240. The van der Waals surface area contributed by atoms with Crippen LogP contribution in [0.5, 0.6) is 0 Å². The second kappa shape index (κ2) is 9.16. The summed E-state index contributed by atoms with van der Waals surface area (Å²) in [4.78, 5) is 31.5. The average molecular weight is 456 g/mol.